The topological polar surface area (TPSA) is 66.2 Å². The molecule has 0 radical (unpaired) electrons. The highest BCUT2D eigenvalue weighted by atomic mass is 16.3. The van der Waals surface area contributed by atoms with E-state index in [2.05, 4.69) is 242 Å². The van der Waals surface area contributed by atoms with E-state index in [1.165, 1.54) is 43.8 Å². The lowest BCUT2D eigenvalue weighted by molar-refractivity contribution is 0.572. The fraction of sp³-hybridized carbons (Fsp3) is 0.0462. The second kappa shape index (κ2) is 17.2. The Morgan fingerprint density at radius 3 is 1.47 bits per heavy atom. The molecule has 2 N–H and O–H groups in total. The Bertz CT molecular complexity index is 3780. The average Bonchev–Trinajstić information content (AvgIpc) is 4.17. The molecule has 0 saturated heterocycles. The molecule has 1 aliphatic rings. The molecule has 0 fully saturated rings. The fourth-order valence-corrected chi connectivity index (χ4v) is 10.7. The van der Waals surface area contributed by atoms with Gasteiger partial charge in [0.1, 0.15) is 29.0 Å². The van der Waals surface area contributed by atoms with Crippen LogP contribution >= 0.6 is 0 Å². The van der Waals surface area contributed by atoms with Crippen molar-refractivity contribution in [2.45, 2.75) is 19.0 Å². The summed E-state index contributed by atoms with van der Waals surface area (Å²) in [7, 11) is 0. The number of rotatable bonds is 9. The average molecular weight is 899 g/mol. The van der Waals surface area contributed by atoms with Gasteiger partial charge in [-0.3, -0.25) is 4.99 Å². The van der Waals surface area contributed by atoms with E-state index in [-0.39, 0.29) is 12.1 Å². The third-order valence-corrected chi connectivity index (χ3v) is 14.0. The number of aliphatic imine (C=N–C) groups is 1. The summed E-state index contributed by atoms with van der Waals surface area (Å²) in [5.41, 5.74) is 16.4. The van der Waals surface area contributed by atoms with Gasteiger partial charge >= 0.3 is 0 Å². The van der Waals surface area contributed by atoms with E-state index < -0.39 is 0 Å². The Morgan fingerprint density at radius 2 is 0.871 bits per heavy atom. The summed E-state index contributed by atoms with van der Waals surface area (Å²) in [6.07, 6.45) is 0. The van der Waals surface area contributed by atoms with Gasteiger partial charge < -0.3 is 14.7 Å². The SMILES string of the molecule is Cc1oc2cc(-c3c4ccccc4c(-c4ccc(-c5nc(-c6ccccc6)c(-c6ccccc6)[nH]5)cc4)c4ccccc34)ccc2c1-c1ccc(C2=NC(c3ccccc3)C(c3ccccc3)N2)cc1. The van der Waals surface area contributed by atoms with E-state index >= 15 is 0 Å². The number of nitrogens with zero attached hydrogens (tertiary/aromatic N) is 2. The monoisotopic (exact) mass is 898 g/mol. The third-order valence-electron chi connectivity index (χ3n) is 14.0. The van der Waals surface area contributed by atoms with E-state index in [1.54, 1.807) is 0 Å². The summed E-state index contributed by atoms with van der Waals surface area (Å²) < 4.78 is 6.65. The van der Waals surface area contributed by atoms with Gasteiger partial charge in [-0.25, -0.2) is 4.98 Å². The Hall–Kier alpha value is -9.06. The van der Waals surface area contributed by atoms with E-state index in [9.17, 15) is 0 Å². The maximum absolute atomic E-state index is 6.65. The van der Waals surface area contributed by atoms with Gasteiger partial charge in [-0.05, 0) is 79.5 Å². The van der Waals surface area contributed by atoms with Crippen molar-refractivity contribution in [3.05, 3.63) is 259 Å². The van der Waals surface area contributed by atoms with Crippen LogP contribution in [-0.2, 0) is 0 Å². The molecule has 3 heterocycles. The van der Waals surface area contributed by atoms with Crippen LogP contribution in [0, 0.1) is 6.92 Å². The molecule has 0 saturated carbocycles. The fourth-order valence-electron chi connectivity index (χ4n) is 10.7. The first-order chi connectivity index (χ1) is 34.6. The van der Waals surface area contributed by atoms with Gasteiger partial charge in [0.2, 0.25) is 0 Å². The molecular weight excluding hydrogens is 853 g/mol. The van der Waals surface area contributed by atoms with Crippen molar-refractivity contribution < 1.29 is 4.42 Å². The maximum Gasteiger partial charge on any atom is 0.138 e. The van der Waals surface area contributed by atoms with E-state index in [4.69, 9.17) is 14.4 Å². The number of aromatic amines is 1. The summed E-state index contributed by atoms with van der Waals surface area (Å²) in [6.45, 7) is 2.07. The molecule has 70 heavy (non-hydrogen) atoms. The van der Waals surface area contributed by atoms with Gasteiger partial charge in [-0.2, -0.15) is 0 Å². The molecule has 13 rings (SSSR count). The standard InChI is InChI=1S/C65H46N4O/c1-41-57(42-30-34-48(35-31-42)64-66-60(44-18-6-2-7-19-44)61(67-64)45-20-8-3-9-21-45)55-39-38-50(40-56(55)70-41)59-53-28-16-14-26-51(53)58(52-27-15-17-29-54(52)59)43-32-36-49(37-33-43)65-68-62(46-22-10-4-11-23-46)63(69-65)47-24-12-5-13-25-47/h2-40,60-61H,1H3,(H,66,67)(H,68,69). The Labute approximate surface area is 406 Å². The van der Waals surface area contributed by atoms with Gasteiger partial charge in [0.05, 0.1) is 17.4 Å². The van der Waals surface area contributed by atoms with Crippen molar-refractivity contribution in [3.63, 3.8) is 0 Å². The van der Waals surface area contributed by atoms with Crippen molar-refractivity contribution in [2.24, 2.45) is 4.99 Å². The number of benzene rings is 10. The summed E-state index contributed by atoms with van der Waals surface area (Å²) in [6, 6.07) is 84.0. The first-order valence-electron chi connectivity index (χ1n) is 24.0. The minimum Gasteiger partial charge on any atom is -0.461 e. The molecule has 2 unspecified atom stereocenters. The quantitative estimate of drug-likeness (QED) is 0.142. The van der Waals surface area contributed by atoms with Gasteiger partial charge in [-0.15, -0.1) is 0 Å². The van der Waals surface area contributed by atoms with Gasteiger partial charge in [0.25, 0.3) is 0 Å². The number of amidine groups is 1. The van der Waals surface area contributed by atoms with Crippen molar-refractivity contribution in [2.75, 3.05) is 0 Å². The van der Waals surface area contributed by atoms with Crippen LogP contribution in [0.1, 0.15) is 34.5 Å². The number of H-pyrrole nitrogens is 1. The highest BCUT2D eigenvalue weighted by Crippen LogP contribution is 2.46. The molecular formula is C65H46N4O. The Kier molecular flexibility index (Phi) is 10.1. The maximum atomic E-state index is 6.65. The lowest BCUT2D eigenvalue weighted by atomic mass is 9.85. The lowest BCUT2D eigenvalue weighted by Crippen LogP contribution is -2.25. The molecule has 0 bridgehead atoms. The highest BCUT2D eigenvalue weighted by molar-refractivity contribution is 6.22. The number of hydrogen-bond acceptors (Lipinski definition) is 4. The van der Waals surface area contributed by atoms with Crippen LogP contribution in [0.25, 0.3) is 99.8 Å². The largest absolute Gasteiger partial charge is 0.461 e. The molecule has 1 aliphatic heterocycles. The van der Waals surface area contributed by atoms with E-state index in [1.807, 2.05) is 12.1 Å². The van der Waals surface area contributed by atoms with Crippen LogP contribution in [0.15, 0.2) is 246 Å². The lowest BCUT2D eigenvalue weighted by Gasteiger charge is -2.19. The zero-order valence-corrected chi connectivity index (χ0v) is 38.5. The van der Waals surface area contributed by atoms with Crippen LogP contribution in [-0.4, -0.2) is 15.8 Å². The minimum absolute atomic E-state index is 0.0263. The number of nitrogens with one attached hydrogen (secondary N) is 2. The summed E-state index contributed by atoms with van der Waals surface area (Å²) >= 11 is 0. The number of hydrogen-bond donors (Lipinski definition) is 2. The first-order valence-corrected chi connectivity index (χ1v) is 24.0. The number of imidazole rings is 1. The molecule has 2 atom stereocenters. The second-order valence-corrected chi connectivity index (χ2v) is 18.1. The predicted octanol–water partition coefficient (Wildman–Crippen LogP) is 16.6. The molecule has 2 aromatic heterocycles. The molecule has 10 aromatic carbocycles. The second-order valence-electron chi connectivity index (χ2n) is 18.1. The van der Waals surface area contributed by atoms with Gasteiger partial charge in [0.15, 0.2) is 0 Å². The summed E-state index contributed by atoms with van der Waals surface area (Å²) in [5, 5.41) is 9.64. The first kappa shape index (κ1) is 41.2. The minimum atomic E-state index is -0.0263. The van der Waals surface area contributed by atoms with Crippen LogP contribution < -0.4 is 5.32 Å². The zero-order valence-electron chi connectivity index (χ0n) is 38.5. The zero-order chi connectivity index (χ0) is 46.5. The van der Waals surface area contributed by atoms with Crippen LogP contribution in [0.2, 0.25) is 0 Å². The summed E-state index contributed by atoms with van der Waals surface area (Å²) in [4.78, 5) is 14.1. The van der Waals surface area contributed by atoms with Crippen LogP contribution in [0.3, 0.4) is 0 Å². The molecule has 5 heteroatoms. The normalized spacial score (nSPS) is 14.6. The highest BCUT2D eigenvalue weighted by Gasteiger charge is 2.32. The van der Waals surface area contributed by atoms with E-state index in [0.29, 0.717) is 0 Å². The van der Waals surface area contributed by atoms with E-state index in [0.717, 1.165) is 84.3 Å². The van der Waals surface area contributed by atoms with Crippen molar-refractivity contribution >= 4 is 38.3 Å². The van der Waals surface area contributed by atoms with Gasteiger partial charge in [-0.1, -0.05) is 224 Å². The number of aromatic nitrogens is 2. The predicted molar refractivity (Wildman–Crippen MR) is 289 cm³/mol. The number of fused-ring (bicyclic) bond motifs is 3. The van der Waals surface area contributed by atoms with Crippen LogP contribution in [0.4, 0.5) is 0 Å². The smallest absolute Gasteiger partial charge is 0.138 e. The Balaban J connectivity index is 0.844. The summed E-state index contributed by atoms with van der Waals surface area (Å²) in [5.74, 6) is 2.63. The van der Waals surface area contributed by atoms with Crippen molar-refractivity contribution in [1.82, 2.24) is 15.3 Å². The van der Waals surface area contributed by atoms with Crippen LogP contribution in [0.5, 0.6) is 0 Å². The van der Waals surface area contributed by atoms with Crippen molar-refractivity contribution in [1.29, 1.82) is 0 Å². The third kappa shape index (κ3) is 7.19. The number of aryl methyl sites for hydroxylation is 1. The molecule has 0 spiro atoms. The molecule has 5 nitrogen and oxygen atoms in total. The molecule has 332 valence electrons. The molecule has 0 aliphatic carbocycles. The molecule has 0 amide bonds. The van der Waals surface area contributed by atoms with Gasteiger partial charge in [0, 0.05) is 33.2 Å². The molecule has 12 aromatic rings. The Morgan fingerprint density at radius 1 is 0.400 bits per heavy atom. The number of furan rings is 1. The van der Waals surface area contributed by atoms with Crippen molar-refractivity contribution in [3.8, 4) is 67.3 Å².